The molecule has 0 fully saturated rings. The molecule has 118 valence electrons. The highest BCUT2D eigenvalue weighted by atomic mass is 16.3. The minimum Gasteiger partial charge on any atom is -0.466 e. The predicted octanol–water partition coefficient (Wildman–Crippen LogP) is 2.64. The number of carbonyl (C=O) groups is 1. The maximum absolute atomic E-state index is 12.5. The molecular formula is C17H23N3O2. The summed E-state index contributed by atoms with van der Waals surface area (Å²) in [6, 6.07) is 2.13. The lowest BCUT2D eigenvalue weighted by atomic mass is 9.99. The molecule has 2 aromatic heterocycles. The Bertz CT molecular complexity index is 699. The first-order valence-electron chi connectivity index (χ1n) is 7.84. The van der Waals surface area contributed by atoms with Crippen LogP contribution in [0.3, 0.4) is 0 Å². The molecular weight excluding hydrogens is 278 g/mol. The van der Waals surface area contributed by atoms with E-state index in [0.29, 0.717) is 0 Å². The van der Waals surface area contributed by atoms with E-state index in [0.717, 1.165) is 48.0 Å². The van der Waals surface area contributed by atoms with Crippen molar-refractivity contribution in [2.24, 2.45) is 0 Å². The summed E-state index contributed by atoms with van der Waals surface area (Å²) in [5.41, 5.74) is 2.02. The van der Waals surface area contributed by atoms with E-state index in [9.17, 15) is 4.79 Å². The van der Waals surface area contributed by atoms with Crippen molar-refractivity contribution in [1.29, 1.82) is 0 Å². The second kappa shape index (κ2) is 5.63. The highest BCUT2D eigenvalue weighted by Crippen LogP contribution is 2.24. The number of aryl methyl sites for hydroxylation is 4. The molecule has 3 rings (SSSR count). The minimum absolute atomic E-state index is 0.0641. The molecule has 0 saturated heterocycles. The van der Waals surface area contributed by atoms with Gasteiger partial charge in [-0.15, -0.1) is 0 Å². The van der Waals surface area contributed by atoms with Crippen LogP contribution in [0.5, 0.6) is 0 Å². The van der Waals surface area contributed by atoms with Crippen molar-refractivity contribution in [2.75, 3.05) is 0 Å². The number of furan rings is 1. The van der Waals surface area contributed by atoms with Gasteiger partial charge in [0.15, 0.2) is 0 Å². The lowest BCUT2D eigenvalue weighted by Crippen LogP contribution is -2.42. The highest BCUT2D eigenvalue weighted by molar-refractivity contribution is 5.83. The highest BCUT2D eigenvalue weighted by Gasteiger charge is 2.25. The minimum atomic E-state index is -0.191. The standard InChI is InChI=1S/C17H23N3O2/c1-10-8-20-9-14(5-6-16(20)18-10)19-17(21)12(3)15-7-11(2)22-13(15)4/h7-8,12,14H,5-6,9H2,1-4H3,(H,19,21)/t12-,14-/m1/s1. The van der Waals surface area contributed by atoms with Crippen molar-refractivity contribution >= 4 is 5.91 Å². The van der Waals surface area contributed by atoms with E-state index >= 15 is 0 Å². The van der Waals surface area contributed by atoms with E-state index in [-0.39, 0.29) is 17.9 Å². The third-order valence-electron chi connectivity index (χ3n) is 4.40. The fourth-order valence-electron chi connectivity index (χ4n) is 3.25. The van der Waals surface area contributed by atoms with Crippen molar-refractivity contribution in [2.45, 2.75) is 59.0 Å². The van der Waals surface area contributed by atoms with Gasteiger partial charge >= 0.3 is 0 Å². The SMILES string of the molecule is Cc1cn2c(n1)CC[C@@H](NC(=O)[C@H](C)c1cc(C)oc1C)C2. The van der Waals surface area contributed by atoms with Crippen LogP contribution in [0.2, 0.25) is 0 Å². The lowest BCUT2D eigenvalue weighted by molar-refractivity contribution is -0.123. The van der Waals surface area contributed by atoms with E-state index in [2.05, 4.69) is 21.1 Å². The maximum atomic E-state index is 12.5. The van der Waals surface area contributed by atoms with E-state index in [1.165, 1.54) is 0 Å². The third kappa shape index (κ3) is 2.80. The molecule has 3 heterocycles. The van der Waals surface area contributed by atoms with E-state index < -0.39 is 0 Å². The molecule has 0 spiro atoms. The molecule has 1 N–H and O–H groups in total. The number of carbonyl (C=O) groups excluding carboxylic acids is 1. The summed E-state index contributed by atoms with van der Waals surface area (Å²) in [5, 5.41) is 3.17. The zero-order chi connectivity index (χ0) is 15.9. The first-order chi connectivity index (χ1) is 10.4. The third-order valence-corrected chi connectivity index (χ3v) is 4.40. The number of nitrogens with zero attached hydrogens (tertiary/aromatic N) is 2. The van der Waals surface area contributed by atoms with Crippen LogP contribution in [0, 0.1) is 20.8 Å². The number of hydrogen-bond acceptors (Lipinski definition) is 3. The Balaban J connectivity index is 1.66. The zero-order valence-electron chi connectivity index (χ0n) is 13.6. The van der Waals surface area contributed by atoms with Gasteiger partial charge in [0, 0.05) is 30.8 Å². The molecule has 2 aromatic rings. The fraction of sp³-hybridized carbons (Fsp3) is 0.529. The topological polar surface area (TPSA) is 60.1 Å². The molecule has 1 aliphatic rings. The van der Waals surface area contributed by atoms with E-state index in [1.54, 1.807) is 0 Å². The molecule has 0 bridgehead atoms. The summed E-state index contributed by atoms with van der Waals surface area (Å²) in [5.74, 6) is 2.68. The Labute approximate surface area is 130 Å². The van der Waals surface area contributed by atoms with E-state index in [4.69, 9.17) is 4.42 Å². The Morgan fingerprint density at radius 1 is 1.45 bits per heavy atom. The van der Waals surface area contributed by atoms with Crippen LogP contribution < -0.4 is 5.32 Å². The lowest BCUT2D eigenvalue weighted by Gasteiger charge is -2.26. The first-order valence-corrected chi connectivity index (χ1v) is 7.84. The number of nitrogens with one attached hydrogen (secondary N) is 1. The van der Waals surface area contributed by atoms with Crippen molar-refractivity contribution in [3.05, 3.63) is 40.9 Å². The van der Waals surface area contributed by atoms with Gasteiger partial charge in [-0.2, -0.15) is 0 Å². The molecule has 1 amide bonds. The Morgan fingerprint density at radius 2 is 2.23 bits per heavy atom. The van der Waals surface area contributed by atoms with Gasteiger partial charge in [0.05, 0.1) is 11.6 Å². The number of rotatable bonds is 3. The monoisotopic (exact) mass is 301 g/mol. The molecule has 2 atom stereocenters. The van der Waals surface area contributed by atoms with E-state index in [1.807, 2.05) is 33.8 Å². The smallest absolute Gasteiger partial charge is 0.227 e. The van der Waals surface area contributed by atoms with Gasteiger partial charge in [-0.05, 0) is 40.2 Å². The molecule has 0 unspecified atom stereocenters. The van der Waals surface area contributed by atoms with Crippen LogP contribution in [-0.2, 0) is 17.8 Å². The second-order valence-corrected chi connectivity index (χ2v) is 6.29. The number of fused-ring (bicyclic) bond motifs is 1. The average Bonchev–Trinajstić information content (AvgIpc) is 2.98. The summed E-state index contributed by atoms with van der Waals surface area (Å²) < 4.78 is 7.69. The van der Waals surface area contributed by atoms with Gasteiger partial charge in [-0.25, -0.2) is 4.98 Å². The summed E-state index contributed by atoms with van der Waals surface area (Å²) in [4.78, 5) is 17.0. The summed E-state index contributed by atoms with van der Waals surface area (Å²) in [7, 11) is 0. The molecule has 0 saturated carbocycles. The largest absolute Gasteiger partial charge is 0.466 e. The molecule has 1 aliphatic heterocycles. The normalized spacial score (nSPS) is 18.8. The van der Waals surface area contributed by atoms with Gasteiger partial charge in [0.1, 0.15) is 17.3 Å². The van der Waals surface area contributed by atoms with Crippen molar-refractivity contribution < 1.29 is 9.21 Å². The number of hydrogen-bond donors (Lipinski definition) is 1. The van der Waals surface area contributed by atoms with Gasteiger partial charge in [0.2, 0.25) is 5.91 Å². The van der Waals surface area contributed by atoms with Gasteiger partial charge in [0.25, 0.3) is 0 Å². The molecule has 5 heteroatoms. The molecule has 0 radical (unpaired) electrons. The number of amides is 1. The quantitative estimate of drug-likeness (QED) is 0.948. The van der Waals surface area contributed by atoms with Crippen LogP contribution in [0.25, 0.3) is 0 Å². The summed E-state index contributed by atoms with van der Waals surface area (Å²) in [6.45, 7) is 8.56. The maximum Gasteiger partial charge on any atom is 0.227 e. The second-order valence-electron chi connectivity index (χ2n) is 6.29. The van der Waals surface area contributed by atoms with Crippen LogP contribution in [-0.4, -0.2) is 21.5 Å². The zero-order valence-corrected chi connectivity index (χ0v) is 13.6. The van der Waals surface area contributed by atoms with Crippen LogP contribution in [0.1, 0.15) is 47.9 Å². The van der Waals surface area contributed by atoms with Gasteiger partial charge < -0.3 is 14.3 Å². The Morgan fingerprint density at radius 3 is 2.91 bits per heavy atom. The molecule has 5 nitrogen and oxygen atoms in total. The number of aromatic nitrogens is 2. The molecule has 0 aromatic carbocycles. The van der Waals surface area contributed by atoms with Gasteiger partial charge in [-0.3, -0.25) is 4.79 Å². The van der Waals surface area contributed by atoms with Crippen molar-refractivity contribution in [3.8, 4) is 0 Å². The van der Waals surface area contributed by atoms with Crippen LogP contribution >= 0.6 is 0 Å². The van der Waals surface area contributed by atoms with Gasteiger partial charge in [-0.1, -0.05) is 0 Å². The predicted molar refractivity (Wildman–Crippen MR) is 83.8 cm³/mol. The van der Waals surface area contributed by atoms with Crippen molar-refractivity contribution in [3.63, 3.8) is 0 Å². The number of imidazole rings is 1. The fourth-order valence-corrected chi connectivity index (χ4v) is 3.25. The Hall–Kier alpha value is -2.04. The summed E-state index contributed by atoms with van der Waals surface area (Å²) >= 11 is 0. The van der Waals surface area contributed by atoms with Crippen LogP contribution in [0.4, 0.5) is 0 Å². The molecule has 22 heavy (non-hydrogen) atoms. The average molecular weight is 301 g/mol. The Kier molecular flexibility index (Phi) is 3.81. The van der Waals surface area contributed by atoms with Crippen molar-refractivity contribution in [1.82, 2.24) is 14.9 Å². The molecule has 0 aliphatic carbocycles. The summed E-state index contributed by atoms with van der Waals surface area (Å²) in [6.07, 6.45) is 3.91. The first kappa shape index (κ1) is 14.9. The van der Waals surface area contributed by atoms with Crippen LogP contribution in [0.15, 0.2) is 16.7 Å².